The quantitative estimate of drug-likeness (QED) is 0.543. The molecule has 15 heavy (non-hydrogen) atoms. The highest BCUT2D eigenvalue weighted by atomic mass is 16.4. The average molecular weight is 210 g/mol. The second-order valence-electron chi connectivity index (χ2n) is 4.13. The van der Waals surface area contributed by atoms with Crippen LogP contribution in [0.3, 0.4) is 0 Å². The van der Waals surface area contributed by atoms with Gasteiger partial charge in [-0.05, 0) is 12.8 Å². The van der Waals surface area contributed by atoms with Crippen molar-refractivity contribution in [1.29, 1.82) is 0 Å². The van der Waals surface area contributed by atoms with Crippen molar-refractivity contribution in [3.8, 4) is 0 Å². The van der Waals surface area contributed by atoms with Crippen LogP contribution in [-0.4, -0.2) is 29.2 Å². The summed E-state index contributed by atoms with van der Waals surface area (Å²) in [5.41, 5.74) is 0. The van der Waals surface area contributed by atoms with Crippen LogP contribution in [0.4, 0.5) is 0 Å². The van der Waals surface area contributed by atoms with Crippen molar-refractivity contribution in [3.05, 3.63) is 0 Å². The summed E-state index contributed by atoms with van der Waals surface area (Å²) in [5, 5.41) is 10.4. The summed E-state index contributed by atoms with van der Waals surface area (Å²) < 4.78 is 0. The van der Waals surface area contributed by atoms with Gasteiger partial charge < -0.3 is 9.90 Å². The molecule has 5 heteroatoms. The second-order valence-corrected chi connectivity index (χ2v) is 4.13. The van der Waals surface area contributed by atoms with Crippen molar-refractivity contribution in [2.24, 2.45) is 11.8 Å². The zero-order valence-electron chi connectivity index (χ0n) is 8.27. The summed E-state index contributed by atoms with van der Waals surface area (Å²) in [6.07, 6.45) is 3.30. The molecule has 5 nitrogen and oxygen atoms in total. The average Bonchev–Trinajstić information content (AvgIpc) is 2.44. The van der Waals surface area contributed by atoms with Gasteiger partial charge in [-0.25, -0.2) is 0 Å². The van der Waals surface area contributed by atoms with Gasteiger partial charge in [0.05, 0.1) is 24.3 Å². The highest BCUT2D eigenvalue weighted by Crippen LogP contribution is 2.37. The van der Waals surface area contributed by atoms with Gasteiger partial charge in [-0.2, -0.15) is 0 Å². The number of carbonyl (C=O) groups is 3. The van der Waals surface area contributed by atoms with E-state index in [2.05, 4.69) is 0 Å². The lowest BCUT2D eigenvalue weighted by molar-refractivity contribution is -0.305. The summed E-state index contributed by atoms with van der Waals surface area (Å²) in [4.78, 5) is 34.6. The van der Waals surface area contributed by atoms with Crippen LogP contribution in [0.25, 0.3) is 0 Å². The molecule has 1 aliphatic heterocycles. The Morgan fingerprint density at radius 2 is 1.67 bits per heavy atom. The van der Waals surface area contributed by atoms with Crippen molar-refractivity contribution < 1.29 is 19.5 Å². The Morgan fingerprint density at radius 3 is 2.07 bits per heavy atom. The van der Waals surface area contributed by atoms with E-state index >= 15 is 0 Å². The molecule has 82 valence electrons. The predicted molar refractivity (Wildman–Crippen MR) is 47.2 cm³/mol. The summed E-state index contributed by atoms with van der Waals surface area (Å²) in [6, 6.07) is 0. The largest absolute Gasteiger partial charge is 0.548 e. The molecule has 0 aromatic rings. The van der Waals surface area contributed by atoms with Gasteiger partial charge in [0.1, 0.15) is 0 Å². The number of fused-ring (bicyclic) bond motifs is 1. The molecule has 2 amide bonds. The van der Waals surface area contributed by atoms with Gasteiger partial charge in [0.25, 0.3) is 0 Å². The van der Waals surface area contributed by atoms with E-state index in [9.17, 15) is 19.5 Å². The first-order valence-corrected chi connectivity index (χ1v) is 5.16. The molecule has 1 heterocycles. The number of imide groups is 1. The van der Waals surface area contributed by atoms with E-state index in [0.29, 0.717) is 12.8 Å². The van der Waals surface area contributed by atoms with Crippen LogP contribution in [0.15, 0.2) is 0 Å². The van der Waals surface area contributed by atoms with Crippen LogP contribution in [-0.2, 0) is 14.4 Å². The fourth-order valence-corrected chi connectivity index (χ4v) is 2.52. The maximum Gasteiger partial charge on any atom is 0.233 e. The number of hydrogen-bond donors (Lipinski definition) is 0. The molecule has 0 N–H and O–H groups in total. The Labute approximate surface area is 87.1 Å². The standard InChI is InChI=1S/C10H13NO4/c12-8(13)5-11-9(14)6-3-1-2-4-7(6)10(11)15/h6-7H,1-5H2,(H,12,13)/p-1/t6-,7-/m1/s1. The maximum absolute atomic E-state index is 11.7. The molecular weight excluding hydrogens is 198 g/mol. The van der Waals surface area contributed by atoms with Gasteiger partial charge in [0, 0.05) is 0 Å². The molecule has 1 saturated carbocycles. The second kappa shape index (κ2) is 3.64. The molecule has 2 atom stereocenters. The molecule has 0 aromatic heterocycles. The number of carboxylic acids is 1. The summed E-state index contributed by atoms with van der Waals surface area (Å²) in [5.74, 6) is -2.57. The van der Waals surface area contributed by atoms with E-state index in [-0.39, 0.29) is 23.7 Å². The van der Waals surface area contributed by atoms with Gasteiger partial charge in [0.15, 0.2) is 0 Å². The van der Waals surface area contributed by atoms with Gasteiger partial charge in [-0.15, -0.1) is 0 Å². The van der Waals surface area contributed by atoms with Crippen molar-refractivity contribution in [2.45, 2.75) is 25.7 Å². The topological polar surface area (TPSA) is 77.5 Å². The minimum absolute atomic E-state index is 0.273. The molecule has 2 aliphatic rings. The molecule has 2 rings (SSSR count). The third-order valence-corrected chi connectivity index (χ3v) is 3.22. The van der Waals surface area contributed by atoms with Crippen molar-refractivity contribution in [1.82, 2.24) is 4.90 Å². The number of amides is 2. The van der Waals surface area contributed by atoms with Crippen LogP contribution in [0.5, 0.6) is 0 Å². The van der Waals surface area contributed by atoms with Crippen LogP contribution in [0.1, 0.15) is 25.7 Å². The van der Waals surface area contributed by atoms with E-state index in [1.165, 1.54) is 0 Å². The minimum Gasteiger partial charge on any atom is -0.548 e. The van der Waals surface area contributed by atoms with E-state index in [4.69, 9.17) is 0 Å². The van der Waals surface area contributed by atoms with E-state index in [1.807, 2.05) is 0 Å². The van der Waals surface area contributed by atoms with Crippen LogP contribution in [0.2, 0.25) is 0 Å². The van der Waals surface area contributed by atoms with Crippen molar-refractivity contribution in [2.75, 3.05) is 6.54 Å². The Kier molecular flexibility index (Phi) is 2.46. The Bertz CT molecular complexity index is 301. The summed E-state index contributed by atoms with van der Waals surface area (Å²) in [6.45, 7) is -0.593. The molecule has 1 saturated heterocycles. The zero-order valence-corrected chi connectivity index (χ0v) is 8.27. The normalized spacial score (nSPS) is 30.5. The molecular formula is C10H12NO4-. The molecule has 0 unspecified atom stereocenters. The first-order valence-electron chi connectivity index (χ1n) is 5.16. The molecule has 0 spiro atoms. The Balaban J connectivity index is 2.17. The van der Waals surface area contributed by atoms with E-state index in [0.717, 1.165) is 17.7 Å². The Hall–Kier alpha value is -1.39. The Morgan fingerprint density at radius 1 is 1.20 bits per heavy atom. The van der Waals surface area contributed by atoms with Gasteiger partial charge in [-0.1, -0.05) is 12.8 Å². The maximum atomic E-state index is 11.7. The minimum atomic E-state index is -1.38. The molecule has 2 fully saturated rings. The fourth-order valence-electron chi connectivity index (χ4n) is 2.52. The third-order valence-electron chi connectivity index (χ3n) is 3.22. The lowest BCUT2D eigenvalue weighted by Crippen LogP contribution is -2.41. The van der Waals surface area contributed by atoms with Crippen LogP contribution < -0.4 is 5.11 Å². The molecule has 0 aromatic carbocycles. The van der Waals surface area contributed by atoms with Gasteiger partial charge in [-0.3, -0.25) is 14.5 Å². The fraction of sp³-hybridized carbons (Fsp3) is 0.700. The summed E-state index contributed by atoms with van der Waals surface area (Å²) >= 11 is 0. The monoisotopic (exact) mass is 210 g/mol. The number of carboxylic acid groups (broad SMARTS) is 1. The number of hydrogen-bond acceptors (Lipinski definition) is 4. The van der Waals surface area contributed by atoms with E-state index < -0.39 is 12.5 Å². The molecule has 0 radical (unpaired) electrons. The molecule has 1 aliphatic carbocycles. The number of carbonyl (C=O) groups excluding carboxylic acids is 3. The van der Waals surface area contributed by atoms with Crippen molar-refractivity contribution >= 4 is 17.8 Å². The lowest BCUT2D eigenvalue weighted by Gasteiger charge is -2.19. The molecule has 0 bridgehead atoms. The van der Waals surface area contributed by atoms with E-state index in [1.54, 1.807) is 0 Å². The smallest absolute Gasteiger partial charge is 0.233 e. The SMILES string of the molecule is O=C([O-])CN1C(=O)[C@@H]2CCCC[C@H]2C1=O. The van der Waals surface area contributed by atoms with Gasteiger partial charge >= 0.3 is 0 Å². The first-order chi connectivity index (χ1) is 7.11. The third kappa shape index (κ3) is 1.62. The number of aliphatic carboxylic acids is 1. The predicted octanol–water partition coefficient (Wildman–Crippen LogP) is -1.09. The number of nitrogens with zero attached hydrogens (tertiary/aromatic N) is 1. The lowest BCUT2D eigenvalue weighted by atomic mass is 9.81. The summed E-state index contributed by atoms with van der Waals surface area (Å²) in [7, 11) is 0. The van der Waals surface area contributed by atoms with Crippen molar-refractivity contribution in [3.63, 3.8) is 0 Å². The first kappa shape index (κ1) is 10.1. The number of likely N-dealkylation sites (tertiary alicyclic amines) is 1. The highest BCUT2D eigenvalue weighted by Gasteiger charge is 2.47. The van der Waals surface area contributed by atoms with Crippen LogP contribution in [0, 0.1) is 11.8 Å². The zero-order chi connectivity index (χ0) is 11.0. The highest BCUT2D eigenvalue weighted by molar-refractivity contribution is 6.06. The number of rotatable bonds is 2. The van der Waals surface area contributed by atoms with Crippen LogP contribution >= 0.6 is 0 Å². The van der Waals surface area contributed by atoms with Gasteiger partial charge in [0.2, 0.25) is 11.8 Å².